The lowest BCUT2D eigenvalue weighted by molar-refractivity contribution is 0.418. The molecule has 0 aromatic carbocycles. The first-order valence-corrected chi connectivity index (χ1v) is 5.12. The molecule has 0 aliphatic rings. The molecular formula is C10H10N6O. The second kappa shape index (κ2) is 3.63. The highest BCUT2D eigenvalue weighted by Gasteiger charge is 2.15. The van der Waals surface area contributed by atoms with Gasteiger partial charge in [0.2, 0.25) is 0 Å². The van der Waals surface area contributed by atoms with E-state index in [1.54, 1.807) is 36.2 Å². The van der Waals surface area contributed by atoms with E-state index in [0.29, 0.717) is 11.7 Å². The van der Waals surface area contributed by atoms with E-state index in [9.17, 15) is 0 Å². The molecule has 0 fully saturated rings. The second-order valence-corrected chi connectivity index (χ2v) is 3.71. The largest absolute Gasteiger partial charge is 0.334 e. The number of hydrogen-bond donors (Lipinski definition) is 1. The lowest BCUT2D eigenvalue weighted by Gasteiger charge is -1.93. The van der Waals surface area contributed by atoms with Crippen LogP contribution in [0, 0.1) is 0 Å². The predicted molar refractivity (Wildman–Crippen MR) is 58.9 cm³/mol. The summed E-state index contributed by atoms with van der Waals surface area (Å²) in [5, 5.41) is 7.98. The molecule has 1 unspecified atom stereocenters. The van der Waals surface area contributed by atoms with Crippen LogP contribution in [0.2, 0.25) is 0 Å². The molecule has 17 heavy (non-hydrogen) atoms. The summed E-state index contributed by atoms with van der Waals surface area (Å²) < 4.78 is 6.85. The fourth-order valence-corrected chi connectivity index (χ4v) is 1.53. The number of rotatable bonds is 2. The van der Waals surface area contributed by atoms with Crippen LogP contribution in [-0.4, -0.2) is 24.7 Å². The number of fused-ring (bicyclic) bond motifs is 1. The maximum Gasteiger partial charge on any atom is 0.261 e. The number of aromatic nitrogens is 5. The molecule has 0 saturated carbocycles. The summed E-state index contributed by atoms with van der Waals surface area (Å²) in [6.07, 6.45) is 6.76. The zero-order valence-electron chi connectivity index (χ0n) is 9.11. The van der Waals surface area contributed by atoms with Gasteiger partial charge in [-0.3, -0.25) is 4.98 Å². The molecule has 0 radical (unpaired) electrons. The molecule has 3 aromatic rings. The number of nitrogens with zero attached hydrogens (tertiary/aromatic N) is 5. The summed E-state index contributed by atoms with van der Waals surface area (Å²) in [6.45, 7) is 1.80. The van der Waals surface area contributed by atoms with Gasteiger partial charge in [0.15, 0.2) is 5.82 Å². The quantitative estimate of drug-likeness (QED) is 0.699. The smallest absolute Gasteiger partial charge is 0.261 e. The Labute approximate surface area is 96.3 Å². The minimum Gasteiger partial charge on any atom is -0.334 e. The van der Waals surface area contributed by atoms with Gasteiger partial charge in [0.05, 0.1) is 29.5 Å². The lowest BCUT2D eigenvalue weighted by atomic mass is 10.3. The van der Waals surface area contributed by atoms with Crippen molar-refractivity contribution in [1.82, 2.24) is 24.7 Å². The van der Waals surface area contributed by atoms with E-state index in [4.69, 9.17) is 10.3 Å². The molecule has 0 aliphatic carbocycles. The molecule has 7 nitrogen and oxygen atoms in total. The Morgan fingerprint density at radius 3 is 3.06 bits per heavy atom. The van der Waals surface area contributed by atoms with Gasteiger partial charge in [-0.05, 0) is 6.92 Å². The lowest BCUT2D eigenvalue weighted by Crippen LogP contribution is -2.06. The average molecular weight is 230 g/mol. The van der Waals surface area contributed by atoms with Gasteiger partial charge in [-0.25, -0.2) is 4.52 Å². The van der Waals surface area contributed by atoms with Crippen molar-refractivity contribution >= 4 is 5.52 Å². The Morgan fingerprint density at radius 2 is 2.29 bits per heavy atom. The van der Waals surface area contributed by atoms with Gasteiger partial charge in [0.1, 0.15) is 0 Å². The highest BCUT2D eigenvalue weighted by atomic mass is 16.5. The van der Waals surface area contributed by atoms with Crippen LogP contribution in [-0.2, 0) is 0 Å². The van der Waals surface area contributed by atoms with Gasteiger partial charge in [-0.1, -0.05) is 5.16 Å². The zero-order chi connectivity index (χ0) is 11.8. The van der Waals surface area contributed by atoms with Gasteiger partial charge < -0.3 is 10.3 Å². The van der Waals surface area contributed by atoms with Crippen molar-refractivity contribution < 1.29 is 4.52 Å². The molecule has 7 heteroatoms. The molecule has 3 rings (SSSR count). The summed E-state index contributed by atoms with van der Waals surface area (Å²) in [4.78, 5) is 8.26. The molecular weight excluding hydrogens is 220 g/mol. The maximum absolute atomic E-state index is 5.67. The van der Waals surface area contributed by atoms with Crippen molar-refractivity contribution in [1.29, 1.82) is 0 Å². The predicted octanol–water partition coefficient (Wildman–Crippen LogP) is 0.799. The van der Waals surface area contributed by atoms with Crippen molar-refractivity contribution in [3.63, 3.8) is 0 Å². The molecule has 2 N–H and O–H groups in total. The maximum atomic E-state index is 5.67. The van der Waals surface area contributed by atoms with E-state index in [2.05, 4.69) is 20.2 Å². The van der Waals surface area contributed by atoms with Crippen LogP contribution in [0.15, 0.2) is 29.3 Å². The molecule has 3 aromatic heterocycles. The standard InChI is InChI=1S/C10H10N6O/c1-6(11)9-14-10(17-15-9)7-4-13-16-3-2-12-5-8(7)16/h2-6H,11H2,1H3. The summed E-state index contributed by atoms with van der Waals surface area (Å²) in [7, 11) is 0. The van der Waals surface area contributed by atoms with Gasteiger partial charge >= 0.3 is 0 Å². The minimum absolute atomic E-state index is 0.257. The Morgan fingerprint density at radius 1 is 1.41 bits per heavy atom. The Bertz CT molecular complexity index is 655. The SMILES string of the molecule is CC(N)c1noc(-c2cnn3ccncc23)n1. The highest BCUT2D eigenvalue weighted by molar-refractivity contribution is 5.73. The highest BCUT2D eigenvalue weighted by Crippen LogP contribution is 2.22. The van der Waals surface area contributed by atoms with Crippen molar-refractivity contribution in [3.05, 3.63) is 30.6 Å². The van der Waals surface area contributed by atoms with Gasteiger partial charge in [0.25, 0.3) is 5.89 Å². The molecule has 0 amide bonds. The van der Waals surface area contributed by atoms with E-state index in [0.717, 1.165) is 11.1 Å². The zero-order valence-corrected chi connectivity index (χ0v) is 9.11. The van der Waals surface area contributed by atoms with E-state index in [-0.39, 0.29) is 6.04 Å². The van der Waals surface area contributed by atoms with Crippen LogP contribution in [0.25, 0.3) is 17.0 Å². The first-order chi connectivity index (χ1) is 8.25. The summed E-state index contributed by atoms with van der Waals surface area (Å²) in [5.41, 5.74) is 7.23. The molecule has 0 bridgehead atoms. The van der Waals surface area contributed by atoms with Crippen LogP contribution in [0.5, 0.6) is 0 Å². The fraction of sp³-hybridized carbons (Fsp3) is 0.200. The molecule has 0 spiro atoms. The first kappa shape index (κ1) is 9.91. The van der Waals surface area contributed by atoms with Crippen LogP contribution >= 0.6 is 0 Å². The van der Waals surface area contributed by atoms with Gasteiger partial charge in [-0.2, -0.15) is 10.1 Å². The average Bonchev–Trinajstić information content (AvgIpc) is 2.95. The molecule has 0 saturated heterocycles. The Balaban J connectivity index is 2.14. The van der Waals surface area contributed by atoms with Crippen molar-refractivity contribution in [2.24, 2.45) is 5.73 Å². The fourth-order valence-electron chi connectivity index (χ4n) is 1.53. The first-order valence-electron chi connectivity index (χ1n) is 5.12. The summed E-state index contributed by atoms with van der Waals surface area (Å²) in [5.74, 6) is 0.878. The monoisotopic (exact) mass is 230 g/mol. The summed E-state index contributed by atoms with van der Waals surface area (Å²) in [6, 6.07) is -0.257. The Kier molecular flexibility index (Phi) is 2.12. The third-order valence-electron chi connectivity index (χ3n) is 2.40. The third-order valence-corrected chi connectivity index (χ3v) is 2.40. The van der Waals surface area contributed by atoms with Crippen LogP contribution in [0.1, 0.15) is 18.8 Å². The molecule has 86 valence electrons. The van der Waals surface area contributed by atoms with Gasteiger partial charge in [-0.15, -0.1) is 0 Å². The second-order valence-electron chi connectivity index (χ2n) is 3.71. The third kappa shape index (κ3) is 1.56. The van der Waals surface area contributed by atoms with Crippen LogP contribution < -0.4 is 5.73 Å². The van der Waals surface area contributed by atoms with E-state index in [1.807, 2.05) is 0 Å². The number of nitrogens with two attached hydrogens (primary N) is 1. The van der Waals surface area contributed by atoms with E-state index in [1.165, 1.54) is 0 Å². The minimum atomic E-state index is -0.257. The van der Waals surface area contributed by atoms with Gasteiger partial charge in [0, 0.05) is 12.4 Å². The number of hydrogen-bond acceptors (Lipinski definition) is 6. The Hall–Kier alpha value is -2.28. The molecule has 1 atom stereocenters. The van der Waals surface area contributed by atoms with E-state index < -0.39 is 0 Å². The summed E-state index contributed by atoms with van der Waals surface area (Å²) >= 11 is 0. The van der Waals surface area contributed by atoms with Crippen LogP contribution in [0.3, 0.4) is 0 Å². The van der Waals surface area contributed by atoms with Crippen LogP contribution in [0.4, 0.5) is 0 Å². The molecule has 0 aliphatic heterocycles. The van der Waals surface area contributed by atoms with Crippen molar-refractivity contribution in [3.8, 4) is 11.5 Å². The van der Waals surface area contributed by atoms with E-state index >= 15 is 0 Å². The molecule has 3 heterocycles. The topological polar surface area (TPSA) is 95.1 Å². The normalized spacial score (nSPS) is 13.1. The van der Waals surface area contributed by atoms with Crippen molar-refractivity contribution in [2.45, 2.75) is 13.0 Å². The van der Waals surface area contributed by atoms with Crippen molar-refractivity contribution in [2.75, 3.05) is 0 Å².